The third-order valence-electron chi connectivity index (χ3n) is 1.61. The van der Waals surface area contributed by atoms with Gasteiger partial charge in [0.2, 0.25) is 10.0 Å². The fourth-order valence-electron chi connectivity index (χ4n) is 1.02. The molecule has 0 bridgehead atoms. The van der Waals surface area contributed by atoms with Crippen LogP contribution in [0.25, 0.3) is 0 Å². The van der Waals surface area contributed by atoms with E-state index in [1.54, 1.807) is 0 Å². The first-order chi connectivity index (χ1) is 7.46. The lowest BCUT2D eigenvalue weighted by Gasteiger charge is -2.07. The number of hydrogen-bond donors (Lipinski definition) is 2. The first-order valence-corrected chi connectivity index (χ1v) is 5.91. The highest BCUT2D eigenvalue weighted by molar-refractivity contribution is 7.92. The summed E-state index contributed by atoms with van der Waals surface area (Å²) in [6.45, 7) is 3.29. The first-order valence-electron chi connectivity index (χ1n) is 4.26. The maximum atomic E-state index is 11.4. The molecule has 0 aromatic carbocycles. The lowest BCUT2D eigenvalue weighted by atomic mass is 10.3. The Morgan fingerprint density at radius 1 is 1.62 bits per heavy atom. The van der Waals surface area contributed by atoms with Crippen LogP contribution in [0.1, 0.15) is 10.5 Å². The number of carbonyl (C=O) groups is 1. The second-order valence-electron chi connectivity index (χ2n) is 2.88. The molecule has 0 radical (unpaired) electrons. The van der Waals surface area contributed by atoms with Gasteiger partial charge in [-0.3, -0.25) is 4.72 Å². The third kappa shape index (κ3) is 3.06. The van der Waals surface area contributed by atoms with Crippen LogP contribution in [0.5, 0.6) is 0 Å². The van der Waals surface area contributed by atoms with E-state index in [4.69, 9.17) is 5.11 Å². The van der Waals surface area contributed by atoms with E-state index >= 15 is 0 Å². The minimum Gasteiger partial charge on any atom is -0.476 e. The maximum absolute atomic E-state index is 11.4. The predicted octanol–water partition coefficient (Wildman–Crippen LogP) is 0.707. The summed E-state index contributed by atoms with van der Waals surface area (Å²) in [6.07, 6.45) is 2.48. The van der Waals surface area contributed by atoms with Crippen LogP contribution in [0.15, 0.2) is 31.0 Å². The first kappa shape index (κ1) is 12.2. The number of anilines is 1. The Balaban J connectivity index is 3.06. The monoisotopic (exact) mass is 242 g/mol. The van der Waals surface area contributed by atoms with Crippen molar-refractivity contribution in [1.82, 2.24) is 4.98 Å². The van der Waals surface area contributed by atoms with Crippen molar-refractivity contribution in [2.75, 3.05) is 10.5 Å². The molecule has 0 spiro atoms. The summed E-state index contributed by atoms with van der Waals surface area (Å²) >= 11 is 0. The van der Waals surface area contributed by atoms with Gasteiger partial charge in [0.1, 0.15) is 0 Å². The van der Waals surface area contributed by atoms with Crippen LogP contribution < -0.4 is 4.72 Å². The zero-order valence-electron chi connectivity index (χ0n) is 8.25. The Hall–Kier alpha value is -1.89. The third-order valence-corrected chi connectivity index (χ3v) is 2.82. The summed E-state index contributed by atoms with van der Waals surface area (Å²) in [5, 5.41) is 8.77. The number of nitrogens with zero attached hydrogens (tertiary/aromatic N) is 1. The van der Waals surface area contributed by atoms with Gasteiger partial charge in [-0.05, 0) is 12.1 Å². The predicted molar refractivity (Wildman–Crippen MR) is 58.8 cm³/mol. The summed E-state index contributed by atoms with van der Waals surface area (Å²) in [4.78, 5) is 14.3. The van der Waals surface area contributed by atoms with Crippen molar-refractivity contribution in [3.63, 3.8) is 0 Å². The van der Waals surface area contributed by atoms with E-state index < -0.39 is 16.0 Å². The van der Waals surface area contributed by atoms with E-state index in [9.17, 15) is 13.2 Å². The smallest absolute Gasteiger partial charge is 0.356 e. The van der Waals surface area contributed by atoms with Gasteiger partial charge in [-0.1, -0.05) is 6.08 Å². The zero-order chi connectivity index (χ0) is 12.2. The molecule has 0 aliphatic rings. The molecule has 1 heterocycles. The number of rotatable bonds is 5. The van der Waals surface area contributed by atoms with Crippen LogP contribution in [0.3, 0.4) is 0 Å². The van der Waals surface area contributed by atoms with Crippen LogP contribution in [-0.4, -0.2) is 30.2 Å². The van der Waals surface area contributed by atoms with Gasteiger partial charge in [0.05, 0.1) is 11.4 Å². The Morgan fingerprint density at radius 3 is 2.88 bits per heavy atom. The van der Waals surface area contributed by atoms with Gasteiger partial charge in [0, 0.05) is 6.20 Å². The number of aromatic carboxylic acids is 1. The molecule has 0 unspecified atom stereocenters. The molecule has 0 fully saturated rings. The van der Waals surface area contributed by atoms with E-state index in [1.165, 1.54) is 24.4 Å². The van der Waals surface area contributed by atoms with Gasteiger partial charge in [-0.15, -0.1) is 6.58 Å². The number of sulfonamides is 1. The van der Waals surface area contributed by atoms with E-state index in [1.807, 2.05) is 0 Å². The van der Waals surface area contributed by atoms with Crippen molar-refractivity contribution in [1.29, 1.82) is 0 Å². The highest BCUT2D eigenvalue weighted by atomic mass is 32.2. The van der Waals surface area contributed by atoms with Crippen LogP contribution in [0.4, 0.5) is 5.69 Å². The molecule has 16 heavy (non-hydrogen) atoms. The molecule has 0 saturated carbocycles. The molecule has 7 heteroatoms. The van der Waals surface area contributed by atoms with E-state index in [2.05, 4.69) is 16.3 Å². The maximum Gasteiger partial charge on any atom is 0.356 e. The molecule has 1 aromatic rings. The largest absolute Gasteiger partial charge is 0.476 e. The lowest BCUT2D eigenvalue weighted by molar-refractivity contribution is 0.0692. The molecular weight excluding hydrogens is 232 g/mol. The van der Waals surface area contributed by atoms with Crippen LogP contribution >= 0.6 is 0 Å². The van der Waals surface area contributed by atoms with Crippen LogP contribution in [0, 0.1) is 0 Å². The van der Waals surface area contributed by atoms with Crippen LogP contribution in [-0.2, 0) is 10.0 Å². The lowest BCUT2D eigenvalue weighted by Crippen LogP contribution is -2.18. The molecule has 0 atom stereocenters. The Morgan fingerprint density at radius 2 is 2.31 bits per heavy atom. The van der Waals surface area contributed by atoms with Crippen molar-refractivity contribution in [2.45, 2.75) is 0 Å². The number of carboxylic acids is 1. The fraction of sp³-hybridized carbons (Fsp3) is 0.111. The average molecular weight is 242 g/mol. The summed E-state index contributed by atoms with van der Waals surface area (Å²) in [6, 6.07) is 2.77. The molecular formula is C9H10N2O4S. The number of nitrogens with one attached hydrogen (secondary N) is 1. The van der Waals surface area contributed by atoms with Crippen molar-refractivity contribution in [3.05, 3.63) is 36.7 Å². The van der Waals surface area contributed by atoms with Crippen molar-refractivity contribution in [2.24, 2.45) is 0 Å². The minimum atomic E-state index is -3.61. The standard InChI is InChI=1S/C9H10N2O4S/c1-2-6-16(14,15)11-7-4-3-5-10-8(7)9(12)13/h2-5,11H,1,6H2,(H,12,13). The van der Waals surface area contributed by atoms with E-state index in [0.29, 0.717) is 0 Å². The van der Waals surface area contributed by atoms with Gasteiger partial charge in [-0.25, -0.2) is 18.2 Å². The molecule has 6 nitrogen and oxygen atoms in total. The molecule has 0 aliphatic heterocycles. The Kier molecular flexibility index (Phi) is 3.62. The second-order valence-corrected chi connectivity index (χ2v) is 4.64. The van der Waals surface area contributed by atoms with Crippen LogP contribution in [0.2, 0.25) is 0 Å². The van der Waals surface area contributed by atoms with Gasteiger partial charge < -0.3 is 5.11 Å². The Labute approximate surface area is 92.7 Å². The highest BCUT2D eigenvalue weighted by Crippen LogP contribution is 2.13. The molecule has 0 aliphatic carbocycles. The normalized spacial score (nSPS) is 10.8. The number of pyridine rings is 1. The van der Waals surface area contributed by atoms with Crippen molar-refractivity contribution >= 4 is 21.7 Å². The van der Waals surface area contributed by atoms with Crippen molar-refractivity contribution < 1.29 is 18.3 Å². The molecule has 0 amide bonds. The quantitative estimate of drug-likeness (QED) is 0.741. The molecule has 86 valence electrons. The summed E-state index contributed by atoms with van der Waals surface area (Å²) in [5.41, 5.74) is -0.396. The minimum absolute atomic E-state index is 0.0585. The van der Waals surface area contributed by atoms with Gasteiger partial charge >= 0.3 is 5.97 Å². The van der Waals surface area contributed by atoms with E-state index in [-0.39, 0.29) is 17.1 Å². The fourth-order valence-corrected chi connectivity index (χ4v) is 1.92. The molecule has 0 saturated heterocycles. The number of aromatic nitrogens is 1. The SMILES string of the molecule is C=CCS(=O)(=O)Nc1cccnc1C(=O)O. The average Bonchev–Trinajstić information content (AvgIpc) is 2.17. The summed E-state index contributed by atoms with van der Waals surface area (Å²) in [5.74, 6) is -1.59. The highest BCUT2D eigenvalue weighted by Gasteiger charge is 2.15. The van der Waals surface area contributed by atoms with Gasteiger partial charge in [0.25, 0.3) is 0 Å². The van der Waals surface area contributed by atoms with Gasteiger partial charge in [0.15, 0.2) is 5.69 Å². The number of hydrogen-bond acceptors (Lipinski definition) is 4. The Bertz CT molecular complexity index is 510. The molecule has 1 aromatic heterocycles. The van der Waals surface area contributed by atoms with E-state index in [0.717, 1.165) is 0 Å². The zero-order valence-corrected chi connectivity index (χ0v) is 9.07. The summed E-state index contributed by atoms with van der Waals surface area (Å²) < 4.78 is 24.9. The second kappa shape index (κ2) is 4.75. The number of carboxylic acid groups (broad SMARTS) is 1. The molecule has 2 N–H and O–H groups in total. The van der Waals surface area contributed by atoms with Crippen molar-refractivity contribution in [3.8, 4) is 0 Å². The van der Waals surface area contributed by atoms with Gasteiger partial charge in [-0.2, -0.15) is 0 Å². The molecule has 1 rings (SSSR count). The topological polar surface area (TPSA) is 96.4 Å². The summed E-state index contributed by atoms with van der Waals surface area (Å²) in [7, 11) is -3.61.